The molecule has 1 aliphatic carbocycles. The van der Waals surface area contributed by atoms with Gasteiger partial charge in [0.15, 0.2) is 11.6 Å². The summed E-state index contributed by atoms with van der Waals surface area (Å²) >= 11 is 0. The topological polar surface area (TPSA) is 96.0 Å². The minimum absolute atomic E-state index is 0.0620. The number of rotatable bonds is 2. The highest BCUT2D eigenvalue weighted by Crippen LogP contribution is 2.37. The molecule has 0 fully saturated rings. The van der Waals surface area contributed by atoms with Crippen LogP contribution in [-0.2, 0) is 0 Å². The molecule has 2 aromatic carbocycles. The van der Waals surface area contributed by atoms with E-state index in [9.17, 15) is 14.9 Å². The van der Waals surface area contributed by atoms with Crippen molar-refractivity contribution in [2.45, 2.75) is 6.92 Å². The van der Waals surface area contributed by atoms with E-state index in [1.807, 2.05) is 13.0 Å². The standard InChI is InChI=1S/C17H13N3O2/c1-2-20-12-7-9(8-18)15(19)14-13(12)16(21)10-5-3-4-6-11(10)17(14)22/h3-7,20H,2,19H2,1H3. The van der Waals surface area contributed by atoms with Gasteiger partial charge in [-0.25, -0.2) is 0 Å². The second kappa shape index (κ2) is 5.01. The van der Waals surface area contributed by atoms with Gasteiger partial charge in [-0.05, 0) is 13.0 Å². The number of ketones is 2. The van der Waals surface area contributed by atoms with Crippen molar-refractivity contribution in [3.05, 3.63) is 58.1 Å². The molecular formula is C17H13N3O2. The molecule has 2 aromatic rings. The second-order valence-corrected chi connectivity index (χ2v) is 4.98. The van der Waals surface area contributed by atoms with Gasteiger partial charge in [0.05, 0.1) is 22.4 Å². The summed E-state index contributed by atoms with van der Waals surface area (Å²) in [6.07, 6.45) is 0. The summed E-state index contributed by atoms with van der Waals surface area (Å²) in [6.45, 7) is 2.43. The number of nitrogens with two attached hydrogens (primary N) is 1. The lowest BCUT2D eigenvalue weighted by atomic mass is 9.81. The molecule has 0 aliphatic heterocycles. The average molecular weight is 291 g/mol. The third-order valence-electron chi connectivity index (χ3n) is 3.73. The summed E-state index contributed by atoms with van der Waals surface area (Å²) < 4.78 is 0. The minimum atomic E-state index is -0.320. The summed E-state index contributed by atoms with van der Waals surface area (Å²) in [5.74, 6) is -0.573. The Balaban J connectivity index is 2.39. The highest BCUT2D eigenvalue weighted by atomic mass is 16.1. The summed E-state index contributed by atoms with van der Waals surface area (Å²) in [7, 11) is 0. The number of fused-ring (bicyclic) bond motifs is 2. The monoisotopic (exact) mass is 291 g/mol. The van der Waals surface area contributed by atoms with Gasteiger partial charge in [-0.15, -0.1) is 0 Å². The van der Waals surface area contributed by atoms with Gasteiger partial charge in [-0.1, -0.05) is 24.3 Å². The molecule has 0 radical (unpaired) electrons. The first-order valence-electron chi connectivity index (χ1n) is 6.89. The van der Waals surface area contributed by atoms with Crippen molar-refractivity contribution in [3.8, 4) is 6.07 Å². The first-order chi connectivity index (χ1) is 10.6. The van der Waals surface area contributed by atoms with E-state index in [0.717, 1.165) is 0 Å². The van der Waals surface area contributed by atoms with Crippen LogP contribution >= 0.6 is 0 Å². The van der Waals surface area contributed by atoms with E-state index in [1.54, 1.807) is 24.3 Å². The molecule has 0 atom stereocenters. The van der Waals surface area contributed by atoms with E-state index in [0.29, 0.717) is 23.4 Å². The van der Waals surface area contributed by atoms with E-state index in [4.69, 9.17) is 5.73 Å². The SMILES string of the molecule is CCNc1cc(C#N)c(N)c2c1C(=O)c1ccccc1C2=O. The van der Waals surface area contributed by atoms with Crippen molar-refractivity contribution >= 4 is 22.9 Å². The number of nitriles is 1. The Bertz CT molecular complexity index is 863. The molecule has 0 amide bonds. The van der Waals surface area contributed by atoms with E-state index in [-0.39, 0.29) is 33.9 Å². The van der Waals surface area contributed by atoms with Gasteiger partial charge >= 0.3 is 0 Å². The highest BCUT2D eigenvalue weighted by Gasteiger charge is 2.34. The molecule has 5 heteroatoms. The molecule has 0 saturated carbocycles. The van der Waals surface area contributed by atoms with Crippen LogP contribution in [0.15, 0.2) is 30.3 Å². The van der Waals surface area contributed by atoms with Gasteiger partial charge in [0.1, 0.15) is 6.07 Å². The van der Waals surface area contributed by atoms with Crippen molar-refractivity contribution in [1.29, 1.82) is 5.26 Å². The van der Waals surface area contributed by atoms with Gasteiger partial charge < -0.3 is 11.1 Å². The van der Waals surface area contributed by atoms with Crippen LogP contribution in [0, 0.1) is 11.3 Å². The molecule has 0 heterocycles. The van der Waals surface area contributed by atoms with E-state index in [2.05, 4.69) is 5.32 Å². The van der Waals surface area contributed by atoms with Gasteiger partial charge in [0, 0.05) is 23.4 Å². The third-order valence-corrected chi connectivity index (χ3v) is 3.73. The smallest absolute Gasteiger partial charge is 0.196 e. The Labute approximate surface area is 127 Å². The third kappa shape index (κ3) is 1.78. The molecule has 3 rings (SSSR count). The number of benzene rings is 2. The average Bonchev–Trinajstić information content (AvgIpc) is 2.54. The van der Waals surface area contributed by atoms with Crippen molar-refractivity contribution in [2.75, 3.05) is 17.6 Å². The molecule has 108 valence electrons. The number of nitrogens with zero attached hydrogens (tertiary/aromatic N) is 1. The maximum absolute atomic E-state index is 12.8. The first-order valence-corrected chi connectivity index (χ1v) is 6.89. The van der Waals surface area contributed by atoms with Crippen LogP contribution in [0.2, 0.25) is 0 Å². The maximum Gasteiger partial charge on any atom is 0.196 e. The van der Waals surface area contributed by atoms with Crippen LogP contribution < -0.4 is 11.1 Å². The number of nitrogen functional groups attached to an aromatic ring is 1. The Morgan fingerprint density at radius 1 is 1.14 bits per heavy atom. The number of hydrogen-bond donors (Lipinski definition) is 2. The zero-order valence-electron chi connectivity index (χ0n) is 11.9. The van der Waals surface area contributed by atoms with E-state index in [1.165, 1.54) is 6.07 Å². The van der Waals surface area contributed by atoms with Crippen LogP contribution in [0.25, 0.3) is 0 Å². The molecule has 0 unspecified atom stereocenters. The number of carbonyl (C=O) groups excluding carboxylic acids is 2. The number of carbonyl (C=O) groups is 2. The maximum atomic E-state index is 12.8. The Morgan fingerprint density at radius 2 is 1.73 bits per heavy atom. The molecule has 0 bridgehead atoms. The Morgan fingerprint density at radius 3 is 2.27 bits per heavy atom. The second-order valence-electron chi connectivity index (χ2n) is 4.98. The molecule has 5 nitrogen and oxygen atoms in total. The molecule has 3 N–H and O–H groups in total. The van der Waals surface area contributed by atoms with Crippen molar-refractivity contribution in [2.24, 2.45) is 0 Å². The highest BCUT2D eigenvalue weighted by molar-refractivity contribution is 6.32. The van der Waals surface area contributed by atoms with Gasteiger partial charge in [0.2, 0.25) is 0 Å². The Kier molecular flexibility index (Phi) is 3.15. The zero-order chi connectivity index (χ0) is 15.9. The summed E-state index contributed by atoms with van der Waals surface area (Å²) in [5, 5.41) is 12.2. The molecule has 1 aliphatic rings. The number of nitrogens with one attached hydrogen (secondary N) is 1. The Hall–Kier alpha value is -3.13. The van der Waals surface area contributed by atoms with Crippen LogP contribution in [0.3, 0.4) is 0 Å². The minimum Gasteiger partial charge on any atom is -0.397 e. The van der Waals surface area contributed by atoms with E-state index >= 15 is 0 Å². The van der Waals surface area contributed by atoms with Crippen molar-refractivity contribution < 1.29 is 9.59 Å². The first kappa shape index (κ1) is 13.8. The lowest BCUT2D eigenvalue weighted by Crippen LogP contribution is -2.24. The summed E-state index contributed by atoms with van der Waals surface area (Å²) in [4.78, 5) is 25.5. The number of hydrogen-bond acceptors (Lipinski definition) is 5. The van der Waals surface area contributed by atoms with Crippen molar-refractivity contribution in [1.82, 2.24) is 0 Å². The fraction of sp³-hybridized carbons (Fsp3) is 0.118. The zero-order valence-corrected chi connectivity index (χ0v) is 11.9. The summed E-state index contributed by atoms with van der Waals surface area (Å²) in [5.41, 5.74) is 7.75. The van der Waals surface area contributed by atoms with E-state index < -0.39 is 0 Å². The normalized spacial score (nSPS) is 12.4. The predicted molar refractivity (Wildman–Crippen MR) is 83.0 cm³/mol. The van der Waals surface area contributed by atoms with Gasteiger partial charge in [0.25, 0.3) is 0 Å². The fourth-order valence-electron chi connectivity index (χ4n) is 2.74. The predicted octanol–water partition coefficient (Wildman–Crippen LogP) is 2.35. The molecule has 22 heavy (non-hydrogen) atoms. The van der Waals surface area contributed by atoms with Crippen LogP contribution in [-0.4, -0.2) is 18.1 Å². The largest absolute Gasteiger partial charge is 0.397 e. The van der Waals surface area contributed by atoms with Gasteiger partial charge in [-0.3, -0.25) is 9.59 Å². The quantitative estimate of drug-likeness (QED) is 0.706. The van der Waals surface area contributed by atoms with Crippen LogP contribution in [0.5, 0.6) is 0 Å². The van der Waals surface area contributed by atoms with Crippen LogP contribution in [0.1, 0.15) is 44.3 Å². The van der Waals surface area contributed by atoms with Crippen molar-refractivity contribution in [3.63, 3.8) is 0 Å². The molecule has 0 saturated heterocycles. The summed E-state index contributed by atoms with van der Waals surface area (Å²) in [6, 6.07) is 10.1. The molecule has 0 spiro atoms. The lowest BCUT2D eigenvalue weighted by molar-refractivity contribution is 0.0980. The van der Waals surface area contributed by atoms with Gasteiger partial charge in [-0.2, -0.15) is 5.26 Å². The fourth-order valence-corrected chi connectivity index (χ4v) is 2.74. The molecule has 0 aromatic heterocycles. The number of anilines is 2. The molecular weight excluding hydrogens is 278 g/mol. The lowest BCUT2D eigenvalue weighted by Gasteiger charge is -2.22. The van der Waals surface area contributed by atoms with Crippen LogP contribution in [0.4, 0.5) is 11.4 Å².